The molecule has 3 aromatic rings. The quantitative estimate of drug-likeness (QED) is 0.624. The number of ether oxygens (including phenoxy) is 1. The van der Waals surface area contributed by atoms with Gasteiger partial charge in [0, 0.05) is 29.1 Å². The molecule has 5 nitrogen and oxygen atoms in total. The largest absolute Gasteiger partial charge is 0.493 e. The molecule has 156 valence electrons. The van der Waals surface area contributed by atoms with Gasteiger partial charge in [-0.25, -0.2) is 13.8 Å². The zero-order chi connectivity index (χ0) is 21.8. The Labute approximate surface area is 178 Å². The molecule has 3 heterocycles. The minimum Gasteiger partial charge on any atom is -0.493 e. The summed E-state index contributed by atoms with van der Waals surface area (Å²) in [6.45, 7) is 3.92. The third-order valence-corrected chi connectivity index (χ3v) is 4.85. The molecule has 0 aliphatic carbocycles. The van der Waals surface area contributed by atoms with Gasteiger partial charge in [-0.2, -0.15) is 0 Å². The molecule has 0 bridgehead atoms. The monoisotopic (exact) mass is 419 g/mol. The van der Waals surface area contributed by atoms with E-state index in [1.807, 2.05) is 0 Å². The van der Waals surface area contributed by atoms with Gasteiger partial charge in [0.1, 0.15) is 23.0 Å². The molecule has 1 aliphatic heterocycles. The van der Waals surface area contributed by atoms with E-state index in [1.54, 1.807) is 30.5 Å². The molecule has 1 amide bonds. The molecule has 1 aliphatic rings. The summed E-state index contributed by atoms with van der Waals surface area (Å²) in [5.41, 5.74) is 0.340. The number of pyridine rings is 2. The third-order valence-electron chi connectivity index (χ3n) is 4.85. The van der Waals surface area contributed by atoms with Gasteiger partial charge >= 0.3 is 0 Å². The zero-order valence-corrected chi connectivity index (χ0v) is 16.6. The molecule has 7 heteroatoms. The van der Waals surface area contributed by atoms with Crippen LogP contribution in [0.15, 0.2) is 67.6 Å². The second-order valence-corrected chi connectivity index (χ2v) is 6.83. The number of hydrogen-bond acceptors (Lipinski definition) is 4. The van der Waals surface area contributed by atoms with Crippen molar-refractivity contribution in [1.29, 1.82) is 0 Å². The number of halogens is 2. The molecule has 0 radical (unpaired) electrons. The van der Waals surface area contributed by atoms with Crippen molar-refractivity contribution in [3.8, 4) is 22.4 Å². The predicted molar refractivity (Wildman–Crippen MR) is 114 cm³/mol. The van der Waals surface area contributed by atoms with Gasteiger partial charge in [-0.15, -0.1) is 0 Å². The van der Waals surface area contributed by atoms with Crippen molar-refractivity contribution < 1.29 is 18.3 Å². The Bertz CT molecular complexity index is 1180. The minimum absolute atomic E-state index is 0.0511. The van der Waals surface area contributed by atoms with Gasteiger partial charge in [0.2, 0.25) is 0 Å². The highest BCUT2D eigenvalue weighted by Gasteiger charge is 2.29. The van der Waals surface area contributed by atoms with Crippen molar-refractivity contribution >= 4 is 11.7 Å². The molecular formula is C24H19F2N3O2. The Morgan fingerprint density at radius 3 is 2.68 bits per heavy atom. The maximum absolute atomic E-state index is 16.0. The van der Waals surface area contributed by atoms with E-state index in [2.05, 4.69) is 21.9 Å². The number of rotatable bonds is 5. The highest BCUT2D eigenvalue weighted by molar-refractivity contribution is 6.03. The number of nitrogens with one attached hydrogen (secondary N) is 1. The first-order valence-corrected chi connectivity index (χ1v) is 9.75. The summed E-state index contributed by atoms with van der Waals surface area (Å²) in [7, 11) is 0. The molecule has 0 saturated carbocycles. The first-order chi connectivity index (χ1) is 15.1. The van der Waals surface area contributed by atoms with Crippen molar-refractivity contribution in [1.82, 2.24) is 15.3 Å². The second kappa shape index (κ2) is 8.87. The van der Waals surface area contributed by atoms with Crippen molar-refractivity contribution in [3.05, 3.63) is 90.5 Å². The fourth-order valence-corrected chi connectivity index (χ4v) is 3.48. The predicted octanol–water partition coefficient (Wildman–Crippen LogP) is 5.11. The molecule has 31 heavy (non-hydrogen) atoms. The van der Waals surface area contributed by atoms with Gasteiger partial charge in [-0.1, -0.05) is 24.8 Å². The number of nitrogens with zero attached hydrogens (tertiary/aromatic N) is 2. The summed E-state index contributed by atoms with van der Waals surface area (Å²) in [6.07, 6.45) is 7.54. The average molecular weight is 419 g/mol. The van der Waals surface area contributed by atoms with Crippen LogP contribution in [0.25, 0.3) is 28.1 Å². The van der Waals surface area contributed by atoms with E-state index >= 15 is 4.39 Å². The minimum atomic E-state index is -0.771. The Hall–Kier alpha value is -3.87. The summed E-state index contributed by atoms with van der Waals surface area (Å²) >= 11 is 0. The Morgan fingerprint density at radius 2 is 2.00 bits per heavy atom. The summed E-state index contributed by atoms with van der Waals surface area (Å²) in [4.78, 5) is 21.3. The molecule has 0 atom stereocenters. The van der Waals surface area contributed by atoms with Crippen LogP contribution >= 0.6 is 0 Å². The lowest BCUT2D eigenvalue weighted by Crippen LogP contribution is -2.22. The summed E-state index contributed by atoms with van der Waals surface area (Å²) < 4.78 is 36.3. The van der Waals surface area contributed by atoms with Gasteiger partial charge in [0.15, 0.2) is 5.82 Å². The number of allylic oxidation sites excluding steroid dienone is 1. The van der Waals surface area contributed by atoms with Crippen LogP contribution in [0.3, 0.4) is 0 Å². The van der Waals surface area contributed by atoms with E-state index in [-0.39, 0.29) is 33.8 Å². The normalized spacial score (nSPS) is 13.2. The first kappa shape index (κ1) is 20.4. The van der Waals surface area contributed by atoms with Crippen molar-refractivity contribution in [2.45, 2.75) is 12.8 Å². The molecule has 0 fully saturated rings. The van der Waals surface area contributed by atoms with Gasteiger partial charge in [0.25, 0.3) is 5.91 Å². The van der Waals surface area contributed by atoms with E-state index < -0.39 is 17.5 Å². The summed E-state index contributed by atoms with van der Waals surface area (Å²) in [5.74, 6) is -1.74. The molecular weight excluding hydrogens is 400 g/mol. The molecule has 2 aromatic heterocycles. The Morgan fingerprint density at radius 1 is 1.16 bits per heavy atom. The number of benzene rings is 1. The maximum Gasteiger partial charge on any atom is 0.274 e. The van der Waals surface area contributed by atoms with E-state index in [0.29, 0.717) is 18.6 Å². The Kier molecular flexibility index (Phi) is 5.84. The Balaban J connectivity index is 2.10. The lowest BCUT2D eigenvalue weighted by molar-refractivity contribution is 0.0966. The van der Waals surface area contributed by atoms with Crippen LogP contribution in [0.1, 0.15) is 28.9 Å². The lowest BCUT2D eigenvalue weighted by atomic mass is 9.93. The van der Waals surface area contributed by atoms with E-state index in [9.17, 15) is 9.18 Å². The van der Waals surface area contributed by atoms with Crippen LogP contribution in [-0.2, 0) is 4.74 Å². The fraction of sp³-hybridized carbons (Fsp3) is 0.125. The van der Waals surface area contributed by atoms with Crippen molar-refractivity contribution in [2.75, 3.05) is 6.61 Å². The van der Waals surface area contributed by atoms with Crippen molar-refractivity contribution in [2.24, 2.45) is 0 Å². The number of amides is 1. The zero-order valence-electron chi connectivity index (χ0n) is 16.6. The topological polar surface area (TPSA) is 64.1 Å². The lowest BCUT2D eigenvalue weighted by Gasteiger charge is -2.22. The van der Waals surface area contributed by atoms with Crippen LogP contribution in [0.4, 0.5) is 8.78 Å². The van der Waals surface area contributed by atoms with E-state index in [0.717, 1.165) is 6.42 Å². The standard InChI is InChI=1S/C24H19F2N3O2/c1-2-28-24(30)23-19(15-8-7-12-27-14-15)20(18-11-5-6-13-31-18)21(26)22(29-23)16-9-3-4-10-17(16)25/h2-4,7-12,14H,1,5-6,13H2,(H,28,30). The van der Waals surface area contributed by atoms with Gasteiger partial charge in [0.05, 0.1) is 12.2 Å². The van der Waals surface area contributed by atoms with Crippen LogP contribution in [0, 0.1) is 11.6 Å². The van der Waals surface area contributed by atoms with Crippen LogP contribution in [0.5, 0.6) is 0 Å². The van der Waals surface area contributed by atoms with E-state index in [4.69, 9.17) is 4.74 Å². The van der Waals surface area contributed by atoms with Crippen LogP contribution < -0.4 is 5.32 Å². The molecule has 0 unspecified atom stereocenters. The summed E-state index contributed by atoms with van der Waals surface area (Å²) in [5, 5.41) is 2.48. The third kappa shape index (κ3) is 3.94. The fourth-order valence-electron chi connectivity index (χ4n) is 3.48. The average Bonchev–Trinajstić information content (AvgIpc) is 2.80. The highest BCUT2D eigenvalue weighted by Crippen LogP contribution is 2.39. The smallest absolute Gasteiger partial charge is 0.274 e. The highest BCUT2D eigenvalue weighted by atomic mass is 19.1. The van der Waals surface area contributed by atoms with Crippen LogP contribution in [0.2, 0.25) is 0 Å². The molecule has 1 aromatic carbocycles. The number of carbonyl (C=O) groups excluding carboxylic acids is 1. The molecule has 0 saturated heterocycles. The van der Waals surface area contributed by atoms with Gasteiger partial charge < -0.3 is 10.1 Å². The van der Waals surface area contributed by atoms with E-state index in [1.165, 1.54) is 30.6 Å². The number of aromatic nitrogens is 2. The summed E-state index contributed by atoms with van der Waals surface area (Å²) in [6, 6.07) is 9.08. The maximum atomic E-state index is 16.0. The van der Waals surface area contributed by atoms with Crippen LogP contribution in [-0.4, -0.2) is 22.5 Å². The molecule has 1 N–H and O–H groups in total. The first-order valence-electron chi connectivity index (χ1n) is 9.75. The number of hydrogen-bond donors (Lipinski definition) is 1. The molecule has 4 rings (SSSR count). The van der Waals surface area contributed by atoms with Gasteiger partial charge in [-0.05, 0) is 43.3 Å². The van der Waals surface area contributed by atoms with Gasteiger partial charge in [-0.3, -0.25) is 9.78 Å². The molecule has 0 spiro atoms. The SMILES string of the molecule is C=CNC(=O)c1nc(-c2ccccc2F)c(F)c(C2=CCCCO2)c1-c1cccnc1. The van der Waals surface area contributed by atoms with Crippen molar-refractivity contribution in [3.63, 3.8) is 0 Å². The second-order valence-electron chi connectivity index (χ2n) is 6.83. The number of carbonyl (C=O) groups is 1.